The fraction of sp³-hybridized carbons (Fsp3) is 0.400. The van der Waals surface area contributed by atoms with Gasteiger partial charge in [0, 0.05) is 13.2 Å². The Labute approximate surface area is 83.1 Å². The molecule has 0 fully saturated rings. The Morgan fingerprint density at radius 3 is 2.86 bits per heavy atom. The van der Waals surface area contributed by atoms with E-state index in [9.17, 15) is 4.39 Å². The second-order valence-electron chi connectivity index (χ2n) is 3.23. The Morgan fingerprint density at radius 2 is 2.29 bits per heavy atom. The molecule has 3 N–H and O–H groups in total. The molecule has 0 saturated heterocycles. The highest BCUT2D eigenvalue weighted by molar-refractivity contribution is 5.66. The number of anilines is 2. The number of hydrogen-bond donors (Lipinski definition) is 2. The average Bonchev–Trinajstić information content (AvgIpc) is 2.10. The quantitative estimate of drug-likeness (QED) is 0.726. The maximum atomic E-state index is 12.7. The summed E-state index contributed by atoms with van der Waals surface area (Å²) in [5, 5.41) is 3.12. The third-order valence-corrected chi connectivity index (χ3v) is 1.83. The third kappa shape index (κ3) is 2.88. The first-order chi connectivity index (χ1) is 6.63. The van der Waals surface area contributed by atoms with Crippen molar-refractivity contribution in [1.82, 2.24) is 0 Å². The predicted molar refractivity (Wildman–Crippen MR) is 55.8 cm³/mol. The molecule has 0 aliphatic heterocycles. The van der Waals surface area contributed by atoms with Crippen molar-refractivity contribution in [2.24, 2.45) is 0 Å². The van der Waals surface area contributed by atoms with Crippen LogP contribution in [0.5, 0.6) is 0 Å². The van der Waals surface area contributed by atoms with E-state index in [1.807, 2.05) is 6.92 Å². The molecule has 1 rings (SSSR count). The number of nitrogen functional groups attached to an aromatic ring is 1. The van der Waals surface area contributed by atoms with E-state index in [1.54, 1.807) is 13.2 Å². The summed E-state index contributed by atoms with van der Waals surface area (Å²) < 4.78 is 17.7. The molecule has 1 atom stereocenters. The van der Waals surface area contributed by atoms with Gasteiger partial charge in [0.25, 0.3) is 0 Å². The predicted octanol–water partition coefficient (Wildman–Crippen LogP) is 1.85. The van der Waals surface area contributed by atoms with Crippen molar-refractivity contribution in [2.45, 2.75) is 13.0 Å². The highest BCUT2D eigenvalue weighted by Gasteiger charge is 2.04. The molecule has 0 heterocycles. The third-order valence-electron chi connectivity index (χ3n) is 1.83. The number of methoxy groups -OCH3 is 1. The molecule has 0 aromatic heterocycles. The van der Waals surface area contributed by atoms with E-state index < -0.39 is 0 Å². The van der Waals surface area contributed by atoms with Gasteiger partial charge in [0.05, 0.1) is 18.0 Å². The topological polar surface area (TPSA) is 47.3 Å². The zero-order valence-corrected chi connectivity index (χ0v) is 8.38. The maximum absolute atomic E-state index is 12.7. The van der Waals surface area contributed by atoms with Crippen LogP contribution in [-0.4, -0.2) is 19.8 Å². The molecule has 1 unspecified atom stereocenters. The van der Waals surface area contributed by atoms with Crippen molar-refractivity contribution in [2.75, 3.05) is 24.8 Å². The van der Waals surface area contributed by atoms with Gasteiger partial charge in [0.1, 0.15) is 5.82 Å². The van der Waals surface area contributed by atoms with Crippen LogP contribution in [0, 0.1) is 5.82 Å². The van der Waals surface area contributed by atoms with E-state index in [4.69, 9.17) is 10.5 Å². The van der Waals surface area contributed by atoms with Crippen molar-refractivity contribution in [3.05, 3.63) is 24.0 Å². The molecule has 0 aliphatic rings. The molecule has 1 aromatic rings. The highest BCUT2D eigenvalue weighted by Crippen LogP contribution is 2.19. The van der Waals surface area contributed by atoms with Gasteiger partial charge < -0.3 is 15.8 Å². The first-order valence-corrected chi connectivity index (χ1v) is 4.44. The second kappa shape index (κ2) is 4.81. The maximum Gasteiger partial charge on any atom is 0.125 e. The molecule has 0 aliphatic carbocycles. The number of hydrogen-bond acceptors (Lipinski definition) is 3. The lowest BCUT2D eigenvalue weighted by atomic mass is 10.2. The summed E-state index contributed by atoms with van der Waals surface area (Å²) in [6.07, 6.45) is 0. The standard InChI is InChI=1S/C10H15FN2O/c1-7(6-14-2)13-10-4-3-8(11)5-9(10)12/h3-5,7,13H,6,12H2,1-2H3. The van der Waals surface area contributed by atoms with Crippen LogP contribution in [0.4, 0.5) is 15.8 Å². The highest BCUT2D eigenvalue weighted by atomic mass is 19.1. The minimum atomic E-state index is -0.326. The van der Waals surface area contributed by atoms with Crippen LogP contribution in [0.3, 0.4) is 0 Å². The zero-order valence-electron chi connectivity index (χ0n) is 8.38. The van der Waals surface area contributed by atoms with E-state index in [0.29, 0.717) is 12.3 Å². The number of ether oxygens (including phenoxy) is 1. The van der Waals surface area contributed by atoms with Crippen LogP contribution in [0.1, 0.15) is 6.92 Å². The van der Waals surface area contributed by atoms with Gasteiger partial charge in [-0.25, -0.2) is 4.39 Å². The summed E-state index contributed by atoms with van der Waals surface area (Å²) >= 11 is 0. The van der Waals surface area contributed by atoms with Crippen LogP contribution in [0.25, 0.3) is 0 Å². The second-order valence-corrected chi connectivity index (χ2v) is 3.23. The summed E-state index contributed by atoms with van der Waals surface area (Å²) in [5.74, 6) is -0.326. The first kappa shape index (κ1) is 10.8. The number of halogens is 1. The minimum absolute atomic E-state index is 0.146. The number of nitrogens with one attached hydrogen (secondary N) is 1. The molecule has 1 aromatic carbocycles. The Bertz CT molecular complexity index is 304. The van der Waals surface area contributed by atoms with Gasteiger partial charge in [-0.2, -0.15) is 0 Å². The van der Waals surface area contributed by atoms with Crippen LogP contribution in [-0.2, 0) is 4.74 Å². The normalized spacial score (nSPS) is 12.5. The van der Waals surface area contributed by atoms with Crippen LogP contribution < -0.4 is 11.1 Å². The van der Waals surface area contributed by atoms with Gasteiger partial charge in [-0.15, -0.1) is 0 Å². The summed E-state index contributed by atoms with van der Waals surface area (Å²) in [4.78, 5) is 0. The van der Waals surface area contributed by atoms with Crippen molar-refractivity contribution < 1.29 is 9.13 Å². The summed E-state index contributed by atoms with van der Waals surface area (Å²) in [7, 11) is 1.63. The smallest absolute Gasteiger partial charge is 0.125 e. The monoisotopic (exact) mass is 198 g/mol. The molecule has 0 bridgehead atoms. The summed E-state index contributed by atoms with van der Waals surface area (Å²) in [5.41, 5.74) is 6.77. The average molecular weight is 198 g/mol. The molecule has 14 heavy (non-hydrogen) atoms. The lowest BCUT2D eigenvalue weighted by molar-refractivity contribution is 0.190. The van der Waals surface area contributed by atoms with Gasteiger partial charge in [0.15, 0.2) is 0 Å². The molecule has 0 amide bonds. The fourth-order valence-corrected chi connectivity index (χ4v) is 1.22. The largest absolute Gasteiger partial charge is 0.397 e. The molecule has 0 saturated carbocycles. The molecular weight excluding hydrogens is 183 g/mol. The summed E-state index contributed by atoms with van der Waals surface area (Å²) in [6, 6.07) is 4.43. The molecule has 78 valence electrons. The van der Waals surface area contributed by atoms with Crippen LogP contribution in [0.15, 0.2) is 18.2 Å². The van der Waals surface area contributed by atoms with Crippen molar-refractivity contribution in [3.63, 3.8) is 0 Å². The molecule has 4 heteroatoms. The Kier molecular flexibility index (Phi) is 3.71. The lowest BCUT2D eigenvalue weighted by Crippen LogP contribution is -2.21. The minimum Gasteiger partial charge on any atom is -0.397 e. The van der Waals surface area contributed by atoms with Gasteiger partial charge in [-0.3, -0.25) is 0 Å². The number of nitrogens with two attached hydrogens (primary N) is 1. The molecule has 0 spiro atoms. The van der Waals surface area contributed by atoms with E-state index in [-0.39, 0.29) is 11.9 Å². The van der Waals surface area contributed by atoms with Crippen molar-refractivity contribution in [1.29, 1.82) is 0 Å². The molecule has 3 nitrogen and oxygen atoms in total. The molecule has 0 radical (unpaired) electrons. The first-order valence-electron chi connectivity index (χ1n) is 4.44. The number of rotatable bonds is 4. The SMILES string of the molecule is COCC(C)Nc1ccc(F)cc1N. The Hall–Kier alpha value is -1.29. The van der Waals surface area contributed by atoms with Crippen molar-refractivity contribution >= 4 is 11.4 Å². The Morgan fingerprint density at radius 1 is 1.57 bits per heavy atom. The number of benzene rings is 1. The van der Waals surface area contributed by atoms with Crippen LogP contribution >= 0.6 is 0 Å². The van der Waals surface area contributed by atoms with Gasteiger partial charge in [0.2, 0.25) is 0 Å². The zero-order chi connectivity index (χ0) is 10.6. The fourth-order valence-electron chi connectivity index (χ4n) is 1.22. The van der Waals surface area contributed by atoms with Gasteiger partial charge in [-0.1, -0.05) is 0 Å². The molecular formula is C10H15FN2O. The van der Waals surface area contributed by atoms with E-state index in [2.05, 4.69) is 5.32 Å². The van der Waals surface area contributed by atoms with Gasteiger partial charge in [-0.05, 0) is 25.1 Å². The lowest BCUT2D eigenvalue weighted by Gasteiger charge is -2.15. The van der Waals surface area contributed by atoms with E-state index in [1.165, 1.54) is 12.1 Å². The van der Waals surface area contributed by atoms with E-state index >= 15 is 0 Å². The van der Waals surface area contributed by atoms with Gasteiger partial charge >= 0.3 is 0 Å². The Balaban J connectivity index is 2.67. The van der Waals surface area contributed by atoms with Crippen LogP contribution in [0.2, 0.25) is 0 Å². The van der Waals surface area contributed by atoms with Crippen molar-refractivity contribution in [3.8, 4) is 0 Å². The summed E-state index contributed by atoms with van der Waals surface area (Å²) in [6.45, 7) is 2.54. The van der Waals surface area contributed by atoms with E-state index in [0.717, 1.165) is 5.69 Å².